The van der Waals surface area contributed by atoms with E-state index >= 15 is 0 Å². The molecule has 2 amide bonds. The van der Waals surface area contributed by atoms with E-state index in [9.17, 15) is 9.59 Å². The van der Waals surface area contributed by atoms with E-state index in [0.29, 0.717) is 18.7 Å². The fraction of sp³-hybridized carbons (Fsp3) is 0.333. The molecule has 0 aliphatic rings. The lowest BCUT2D eigenvalue weighted by molar-refractivity contribution is -0.119. The lowest BCUT2D eigenvalue weighted by atomic mass is 10.1. The third kappa shape index (κ3) is 5.43. The molecule has 1 atom stereocenters. The molecule has 138 valence electrons. The predicted octanol–water partition coefficient (Wildman–Crippen LogP) is 3.75. The predicted molar refractivity (Wildman–Crippen MR) is 103 cm³/mol. The zero-order valence-corrected chi connectivity index (χ0v) is 15.5. The van der Waals surface area contributed by atoms with Gasteiger partial charge in [-0.1, -0.05) is 44.2 Å². The minimum Gasteiger partial charge on any atom is -0.380 e. The van der Waals surface area contributed by atoms with E-state index in [2.05, 4.69) is 10.6 Å². The van der Waals surface area contributed by atoms with Crippen molar-refractivity contribution >= 4 is 17.5 Å². The number of nitrogens with one attached hydrogen (secondary N) is 2. The highest BCUT2D eigenvalue weighted by Crippen LogP contribution is 2.14. The molecular weight excluding hydrogens is 328 g/mol. The molecule has 0 aliphatic heterocycles. The largest absolute Gasteiger partial charge is 0.380 e. The molecule has 26 heavy (non-hydrogen) atoms. The van der Waals surface area contributed by atoms with Gasteiger partial charge >= 0.3 is 0 Å². The van der Waals surface area contributed by atoms with Crippen molar-refractivity contribution < 1.29 is 14.3 Å². The smallest absolute Gasteiger partial charge is 0.251 e. The highest BCUT2D eigenvalue weighted by Gasteiger charge is 2.12. The average molecular weight is 354 g/mol. The molecule has 5 nitrogen and oxygen atoms in total. The molecule has 0 fully saturated rings. The Kier molecular flexibility index (Phi) is 7.36. The second-order valence-corrected chi connectivity index (χ2v) is 6.27. The van der Waals surface area contributed by atoms with E-state index in [1.54, 1.807) is 13.2 Å². The quantitative estimate of drug-likeness (QED) is 0.759. The van der Waals surface area contributed by atoms with Gasteiger partial charge in [-0.15, -0.1) is 0 Å². The lowest BCUT2D eigenvalue weighted by Gasteiger charge is -2.12. The van der Waals surface area contributed by atoms with Crippen LogP contribution in [0.15, 0.2) is 48.5 Å². The van der Waals surface area contributed by atoms with Crippen molar-refractivity contribution in [2.24, 2.45) is 5.92 Å². The first-order valence-corrected chi connectivity index (χ1v) is 8.80. The first kappa shape index (κ1) is 19.7. The molecule has 0 saturated heterocycles. The number of benzene rings is 2. The summed E-state index contributed by atoms with van der Waals surface area (Å²) >= 11 is 0. The number of amides is 2. The molecule has 2 aromatic rings. The van der Waals surface area contributed by atoms with E-state index in [4.69, 9.17) is 4.74 Å². The fourth-order valence-electron chi connectivity index (χ4n) is 2.51. The van der Waals surface area contributed by atoms with E-state index in [-0.39, 0.29) is 17.7 Å². The molecule has 0 bridgehead atoms. The van der Waals surface area contributed by atoms with Gasteiger partial charge in [-0.2, -0.15) is 0 Å². The van der Waals surface area contributed by atoms with E-state index < -0.39 is 0 Å². The maximum absolute atomic E-state index is 12.5. The second-order valence-electron chi connectivity index (χ2n) is 6.27. The Morgan fingerprint density at radius 1 is 1.12 bits per heavy atom. The number of carbonyl (C=O) groups is 2. The van der Waals surface area contributed by atoms with Gasteiger partial charge in [-0.3, -0.25) is 9.59 Å². The highest BCUT2D eigenvalue weighted by molar-refractivity contribution is 5.95. The Hall–Kier alpha value is -2.66. The van der Waals surface area contributed by atoms with Gasteiger partial charge in [-0.05, 0) is 35.7 Å². The summed E-state index contributed by atoms with van der Waals surface area (Å²) in [6.45, 7) is 4.66. The Balaban J connectivity index is 2.00. The molecule has 0 heterocycles. The SMILES string of the molecule is CCC(C)C(=O)Nc1cccc(CNC(=O)c2ccccc2COC)c1. The standard InChI is InChI=1S/C21H26N2O3/c1-4-15(2)20(24)23-18-10-7-8-16(12-18)13-22-21(25)19-11-6-5-9-17(19)14-26-3/h5-12,15H,4,13-14H2,1-3H3,(H,22,25)(H,23,24). The van der Waals surface area contributed by atoms with Crippen LogP contribution in [0.5, 0.6) is 0 Å². The van der Waals surface area contributed by atoms with Crippen LogP contribution in [0.25, 0.3) is 0 Å². The van der Waals surface area contributed by atoms with E-state index in [1.807, 2.05) is 56.3 Å². The van der Waals surface area contributed by atoms with Crippen LogP contribution in [-0.2, 0) is 22.7 Å². The van der Waals surface area contributed by atoms with Crippen molar-refractivity contribution in [2.75, 3.05) is 12.4 Å². The maximum Gasteiger partial charge on any atom is 0.251 e. The average Bonchev–Trinajstić information content (AvgIpc) is 2.66. The van der Waals surface area contributed by atoms with Crippen LogP contribution in [0.4, 0.5) is 5.69 Å². The van der Waals surface area contributed by atoms with Crippen molar-refractivity contribution in [1.29, 1.82) is 0 Å². The molecule has 2 aromatic carbocycles. The summed E-state index contributed by atoms with van der Waals surface area (Å²) in [5, 5.41) is 5.83. The van der Waals surface area contributed by atoms with Crippen molar-refractivity contribution in [3.63, 3.8) is 0 Å². The number of anilines is 1. The number of ether oxygens (including phenoxy) is 1. The molecule has 2 rings (SSSR count). The normalized spacial score (nSPS) is 11.7. The maximum atomic E-state index is 12.5. The topological polar surface area (TPSA) is 67.4 Å². The van der Waals surface area contributed by atoms with Crippen LogP contribution in [0.2, 0.25) is 0 Å². The molecule has 1 unspecified atom stereocenters. The Morgan fingerprint density at radius 3 is 2.62 bits per heavy atom. The fourth-order valence-corrected chi connectivity index (χ4v) is 2.51. The minimum absolute atomic E-state index is 0.00202. The molecular formula is C21H26N2O3. The lowest BCUT2D eigenvalue weighted by Crippen LogP contribution is -2.24. The molecule has 2 N–H and O–H groups in total. The van der Waals surface area contributed by atoms with Crippen molar-refractivity contribution in [1.82, 2.24) is 5.32 Å². The van der Waals surface area contributed by atoms with Crippen molar-refractivity contribution in [2.45, 2.75) is 33.4 Å². The van der Waals surface area contributed by atoms with Crippen LogP contribution in [0.1, 0.15) is 41.8 Å². The van der Waals surface area contributed by atoms with Gasteiger partial charge in [0.05, 0.1) is 6.61 Å². The zero-order valence-electron chi connectivity index (χ0n) is 15.5. The van der Waals surface area contributed by atoms with Gasteiger partial charge in [0.15, 0.2) is 0 Å². The van der Waals surface area contributed by atoms with Gasteiger partial charge in [-0.25, -0.2) is 0 Å². The Morgan fingerprint density at radius 2 is 1.88 bits per heavy atom. The summed E-state index contributed by atoms with van der Waals surface area (Å²) in [5.74, 6) is -0.176. The van der Waals surface area contributed by atoms with Crippen molar-refractivity contribution in [3.05, 3.63) is 65.2 Å². The van der Waals surface area contributed by atoms with Gasteiger partial charge in [0.1, 0.15) is 0 Å². The minimum atomic E-state index is -0.147. The zero-order chi connectivity index (χ0) is 18.9. The van der Waals surface area contributed by atoms with Crippen LogP contribution in [0.3, 0.4) is 0 Å². The first-order chi connectivity index (χ1) is 12.5. The summed E-state index contributed by atoms with van der Waals surface area (Å²) in [7, 11) is 1.61. The monoisotopic (exact) mass is 354 g/mol. The summed E-state index contributed by atoms with van der Waals surface area (Å²) in [6, 6.07) is 14.9. The van der Waals surface area contributed by atoms with Crippen LogP contribution >= 0.6 is 0 Å². The molecule has 5 heteroatoms. The number of hydrogen-bond donors (Lipinski definition) is 2. The highest BCUT2D eigenvalue weighted by atomic mass is 16.5. The summed E-state index contributed by atoms with van der Waals surface area (Å²) < 4.78 is 5.14. The Labute approximate surface area is 154 Å². The van der Waals surface area contributed by atoms with Crippen LogP contribution in [0, 0.1) is 5.92 Å². The molecule has 0 radical (unpaired) electrons. The van der Waals surface area contributed by atoms with Gasteiger partial charge in [0, 0.05) is 30.8 Å². The molecule has 0 aromatic heterocycles. The van der Waals surface area contributed by atoms with Gasteiger partial charge in [0.2, 0.25) is 5.91 Å². The second kappa shape index (κ2) is 9.73. The Bertz CT molecular complexity index is 758. The molecule has 0 spiro atoms. The third-order valence-corrected chi connectivity index (χ3v) is 4.27. The first-order valence-electron chi connectivity index (χ1n) is 8.80. The van der Waals surface area contributed by atoms with Gasteiger partial charge in [0.25, 0.3) is 5.91 Å². The molecule has 0 saturated carbocycles. The van der Waals surface area contributed by atoms with Crippen molar-refractivity contribution in [3.8, 4) is 0 Å². The van der Waals surface area contributed by atoms with Gasteiger partial charge < -0.3 is 15.4 Å². The number of hydrogen-bond acceptors (Lipinski definition) is 3. The third-order valence-electron chi connectivity index (χ3n) is 4.27. The van der Waals surface area contributed by atoms with Crippen LogP contribution < -0.4 is 10.6 Å². The molecule has 0 aliphatic carbocycles. The van der Waals surface area contributed by atoms with E-state index in [1.165, 1.54) is 0 Å². The van der Waals surface area contributed by atoms with Crippen LogP contribution in [-0.4, -0.2) is 18.9 Å². The number of rotatable bonds is 8. The van der Waals surface area contributed by atoms with E-state index in [0.717, 1.165) is 23.2 Å². The summed E-state index contributed by atoms with van der Waals surface area (Å²) in [5.41, 5.74) is 3.11. The number of methoxy groups -OCH3 is 1. The number of carbonyl (C=O) groups excluding carboxylic acids is 2. The summed E-state index contributed by atoms with van der Waals surface area (Å²) in [4.78, 5) is 24.5. The summed E-state index contributed by atoms with van der Waals surface area (Å²) in [6.07, 6.45) is 0.794.